The SMILES string of the molecule is O=C(O)c1[nH]c(C(=O)O)c(C(F)(F)C(F)(F)F)c(=S)c1C(F)(F)C(F)(F)F. The standard InChI is InChI=1S/C11H3F10NO4S/c12-8(13,10(16,17)18)1-3(6(23)24)22-4(7(25)26)2(5(1)27)9(14,15)11(19,20)21/h(H,22,27)(H,23,24)(H,25,26). The van der Waals surface area contributed by atoms with E-state index < -0.39 is 63.2 Å². The van der Waals surface area contributed by atoms with Crippen molar-refractivity contribution in [3.8, 4) is 0 Å². The number of nitrogens with one attached hydrogen (secondary N) is 1. The van der Waals surface area contributed by atoms with Gasteiger partial charge >= 0.3 is 36.1 Å². The Kier molecular flexibility index (Phi) is 5.32. The second kappa shape index (κ2) is 6.35. The van der Waals surface area contributed by atoms with Crippen molar-refractivity contribution < 1.29 is 63.7 Å². The van der Waals surface area contributed by atoms with Gasteiger partial charge in [-0.3, -0.25) is 0 Å². The summed E-state index contributed by atoms with van der Waals surface area (Å²) in [5, 5.41) is 17.4. The van der Waals surface area contributed by atoms with Crippen molar-refractivity contribution >= 4 is 24.2 Å². The summed E-state index contributed by atoms with van der Waals surface area (Å²) >= 11 is 3.83. The normalized spacial score (nSPS) is 13.6. The number of rotatable bonds is 4. The average molecular weight is 435 g/mol. The first-order valence-electron chi connectivity index (χ1n) is 5.95. The number of aromatic carboxylic acids is 2. The van der Waals surface area contributed by atoms with Crippen molar-refractivity contribution in [3.05, 3.63) is 27.0 Å². The van der Waals surface area contributed by atoms with E-state index in [1.165, 1.54) is 0 Å². The van der Waals surface area contributed by atoms with Gasteiger partial charge in [-0.25, -0.2) is 9.59 Å². The molecule has 5 nitrogen and oxygen atoms in total. The summed E-state index contributed by atoms with van der Waals surface area (Å²) in [4.78, 5) is 22.6. The molecule has 16 heteroatoms. The maximum absolute atomic E-state index is 13.6. The Bertz CT molecular complexity index is 789. The van der Waals surface area contributed by atoms with E-state index in [0.717, 1.165) is 4.98 Å². The molecule has 0 aliphatic rings. The van der Waals surface area contributed by atoms with Gasteiger partial charge in [0.15, 0.2) is 0 Å². The van der Waals surface area contributed by atoms with Crippen molar-refractivity contribution in [2.45, 2.75) is 24.2 Å². The van der Waals surface area contributed by atoms with Gasteiger partial charge in [0.05, 0.1) is 15.6 Å². The number of aromatic amines is 1. The molecule has 0 aliphatic carbocycles. The van der Waals surface area contributed by atoms with E-state index in [4.69, 9.17) is 10.2 Å². The molecule has 1 heterocycles. The van der Waals surface area contributed by atoms with Crippen LogP contribution < -0.4 is 0 Å². The molecule has 0 aromatic carbocycles. The number of H-pyrrole nitrogens is 1. The number of alkyl halides is 10. The molecule has 1 aromatic rings. The van der Waals surface area contributed by atoms with Crippen LogP contribution in [0, 0.1) is 4.51 Å². The molecule has 0 unspecified atom stereocenters. The molecule has 27 heavy (non-hydrogen) atoms. The highest BCUT2D eigenvalue weighted by atomic mass is 32.1. The zero-order chi connectivity index (χ0) is 21.7. The van der Waals surface area contributed by atoms with Crippen LogP contribution >= 0.6 is 12.2 Å². The van der Waals surface area contributed by atoms with Crippen molar-refractivity contribution in [2.75, 3.05) is 0 Å². The predicted octanol–water partition coefficient (Wildman–Crippen LogP) is 4.45. The molecule has 0 amide bonds. The number of carbonyl (C=O) groups is 2. The highest BCUT2D eigenvalue weighted by molar-refractivity contribution is 7.71. The van der Waals surface area contributed by atoms with Gasteiger partial charge in [-0.1, -0.05) is 12.2 Å². The Morgan fingerprint density at radius 1 is 0.704 bits per heavy atom. The van der Waals surface area contributed by atoms with E-state index in [-0.39, 0.29) is 0 Å². The minimum Gasteiger partial charge on any atom is -0.477 e. The van der Waals surface area contributed by atoms with Crippen LogP contribution in [0.5, 0.6) is 0 Å². The van der Waals surface area contributed by atoms with Gasteiger partial charge in [-0.15, -0.1) is 0 Å². The highest BCUT2D eigenvalue weighted by Crippen LogP contribution is 2.50. The predicted molar refractivity (Wildman–Crippen MR) is 65.4 cm³/mol. The van der Waals surface area contributed by atoms with Crippen LogP contribution in [0.2, 0.25) is 0 Å². The van der Waals surface area contributed by atoms with E-state index in [2.05, 4.69) is 12.2 Å². The second-order valence-corrected chi connectivity index (χ2v) is 5.12. The smallest absolute Gasteiger partial charge is 0.458 e. The van der Waals surface area contributed by atoms with Gasteiger partial charge in [0, 0.05) is 0 Å². The molecule has 0 atom stereocenters. The molecule has 0 saturated heterocycles. The molecule has 0 fully saturated rings. The monoisotopic (exact) mass is 435 g/mol. The maximum atomic E-state index is 13.6. The van der Waals surface area contributed by atoms with Gasteiger partial charge < -0.3 is 15.2 Å². The van der Waals surface area contributed by atoms with Crippen LogP contribution in [-0.2, 0) is 11.8 Å². The number of carboxylic acid groups (broad SMARTS) is 2. The van der Waals surface area contributed by atoms with Crippen molar-refractivity contribution in [2.24, 2.45) is 0 Å². The molecular formula is C11H3F10NO4S. The second-order valence-electron chi connectivity index (χ2n) is 4.71. The lowest BCUT2D eigenvalue weighted by Gasteiger charge is -2.26. The quantitative estimate of drug-likeness (QED) is 0.481. The molecule has 0 aliphatic heterocycles. The van der Waals surface area contributed by atoms with E-state index >= 15 is 0 Å². The molecule has 1 rings (SSSR count). The lowest BCUT2D eigenvalue weighted by Crippen LogP contribution is -2.40. The summed E-state index contributed by atoms with van der Waals surface area (Å²) in [7, 11) is 0. The summed E-state index contributed by atoms with van der Waals surface area (Å²) < 4.78 is 127. The number of hydrogen-bond donors (Lipinski definition) is 3. The largest absolute Gasteiger partial charge is 0.477 e. The van der Waals surface area contributed by atoms with Crippen LogP contribution in [0.4, 0.5) is 43.9 Å². The summed E-state index contributed by atoms with van der Waals surface area (Å²) in [6, 6.07) is 0. The van der Waals surface area contributed by atoms with Crippen LogP contribution in [0.15, 0.2) is 0 Å². The molecule has 3 N–H and O–H groups in total. The molecular weight excluding hydrogens is 432 g/mol. The van der Waals surface area contributed by atoms with Gasteiger partial charge in [-0.05, 0) is 0 Å². The highest BCUT2D eigenvalue weighted by Gasteiger charge is 2.65. The maximum Gasteiger partial charge on any atom is 0.458 e. The fraction of sp³-hybridized carbons (Fsp3) is 0.364. The third kappa shape index (κ3) is 3.57. The molecule has 1 aromatic heterocycles. The average Bonchev–Trinajstić information content (AvgIpc) is 2.42. The summed E-state index contributed by atoms with van der Waals surface area (Å²) in [5.41, 5.74) is -10.6. The zero-order valence-electron chi connectivity index (χ0n) is 11.9. The number of pyridine rings is 1. The van der Waals surface area contributed by atoms with Crippen molar-refractivity contribution in [1.29, 1.82) is 0 Å². The number of hydrogen-bond acceptors (Lipinski definition) is 3. The fourth-order valence-corrected chi connectivity index (χ4v) is 2.27. The van der Waals surface area contributed by atoms with E-state index in [1.54, 1.807) is 0 Å². The third-order valence-electron chi connectivity index (χ3n) is 2.97. The van der Waals surface area contributed by atoms with Crippen LogP contribution in [0.3, 0.4) is 0 Å². The summed E-state index contributed by atoms with van der Waals surface area (Å²) in [6.45, 7) is 0. The Morgan fingerprint density at radius 3 is 1.15 bits per heavy atom. The number of halogens is 10. The van der Waals surface area contributed by atoms with Gasteiger partial charge in [0.2, 0.25) is 0 Å². The van der Waals surface area contributed by atoms with Gasteiger partial charge in [0.1, 0.15) is 11.4 Å². The Hall–Kier alpha value is -2.39. The van der Waals surface area contributed by atoms with Crippen LogP contribution in [-0.4, -0.2) is 39.5 Å². The van der Waals surface area contributed by atoms with E-state index in [0.29, 0.717) is 0 Å². The van der Waals surface area contributed by atoms with E-state index in [9.17, 15) is 53.5 Å². The molecule has 152 valence electrons. The Morgan fingerprint density at radius 2 is 0.963 bits per heavy atom. The Labute approximate surface area is 145 Å². The topological polar surface area (TPSA) is 90.4 Å². The van der Waals surface area contributed by atoms with Crippen LogP contribution in [0.25, 0.3) is 0 Å². The van der Waals surface area contributed by atoms with Crippen molar-refractivity contribution in [1.82, 2.24) is 4.98 Å². The first-order chi connectivity index (χ1) is 11.8. The number of carboxylic acids is 2. The van der Waals surface area contributed by atoms with Gasteiger partial charge in [0.25, 0.3) is 0 Å². The molecule has 0 spiro atoms. The lowest BCUT2D eigenvalue weighted by atomic mass is 9.97. The minimum absolute atomic E-state index is 0.752. The van der Waals surface area contributed by atoms with Gasteiger partial charge in [-0.2, -0.15) is 43.9 Å². The first-order valence-corrected chi connectivity index (χ1v) is 6.36. The van der Waals surface area contributed by atoms with Crippen molar-refractivity contribution in [3.63, 3.8) is 0 Å². The molecule has 0 bridgehead atoms. The fourth-order valence-electron chi connectivity index (χ4n) is 1.81. The lowest BCUT2D eigenvalue weighted by molar-refractivity contribution is -0.293. The zero-order valence-corrected chi connectivity index (χ0v) is 12.7. The minimum atomic E-state index is -6.66. The Balaban J connectivity index is 4.27. The third-order valence-corrected chi connectivity index (χ3v) is 3.38. The first kappa shape index (κ1) is 22.7. The number of aromatic nitrogens is 1. The van der Waals surface area contributed by atoms with E-state index in [1.807, 2.05) is 0 Å². The summed E-state index contributed by atoms with van der Waals surface area (Å²) in [5.74, 6) is -18.0. The van der Waals surface area contributed by atoms with Crippen LogP contribution in [0.1, 0.15) is 32.1 Å². The summed E-state index contributed by atoms with van der Waals surface area (Å²) in [6.07, 6.45) is -13.3. The molecule has 0 saturated carbocycles. The molecule has 0 radical (unpaired) electrons.